The summed E-state index contributed by atoms with van der Waals surface area (Å²) in [6.45, 7) is 10.9. The van der Waals surface area contributed by atoms with Crippen LogP contribution in [0.25, 0.3) is 0 Å². The van der Waals surface area contributed by atoms with Gasteiger partial charge in [0.1, 0.15) is 11.6 Å². The second-order valence-corrected chi connectivity index (χ2v) is 7.17. The summed E-state index contributed by atoms with van der Waals surface area (Å²) in [6.07, 6.45) is 2.01. The number of nitrogens with zero attached hydrogens (tertiary/aromatic N) is 4. The number of halogens is 1. The molecule has 6 nitrogen and oxygen atoms in total. The highest BCUT2D eigenvalue weighted by Crippen LogP contribution is 2.17. The summed E-state index contributed by atoms with van der Waals surface area (Å²) in [5.74, 6) is 3.22. The lowest BCUT2D eigenvalue weighted by Crippen LogP contribution is -2.47. The number of rotatable bonds is 5. The van der Waals surface area contributed by atoms with E-state index >= 15 is 0 Å². The van der Waals surface area contributed by atoms with Crippen LogP contribution < -0.4 is 10.6 Å². The molecule has 7 heteroatoms. The zero-order valence-corrected chi connectivity index (χ0v) is 19.0. The third-order valence-electron chi connectivity index (χ3n) is 4.78. The maximum absolute atomic E-state index is 4.82. The molecule has 0 fully saturated rings. The van der Waals surface area contributed by atoms with Gasteiger partial charge < -0.3 is 10.6 Å². The predicted molar refractivity (Wildman–Crippen MR) is 121 cm³/mol. The van der Waals surface area contributed by atoms with E-state index in [0.29, 0.717) is 12.0 Å². The van der Waals surface area contributed by atoms with Crippen LogP contribution in [-0.4, -0.2) is 39.9 Å². The number of hydrogen-bond donors (Lipinski definition) is 2. The second kappa shape index (κ2) is 10.1. The van der Waals surface area contributed by atoms with Gasteiger partial charge in [0, 0.05) is 31.5 Å². The number of guanidine groups is 1. The monoisotopic (exact) mass is 482 g/mol. The summed E-state index contributed by atoms with van der Waals surface area (Å²) in [6, 6.07) is 9.01. The molecule has 0 saturated heterocycles. The lowest BCUT2D eigenvalue weighted by atomic mass is 10.00. The fourth-order valence-electron chi connectivity index (χ4n) is 3.38. The zero-order chi connectivity index (χ0) is 18.5. The second-order valence-electron chi connectivity index (χ2n) is 7.17. The van der Waals surface area contributed by atoms with Crippen molar-refractivity contribution in [2.75, 3.05) is 13.1 Å². The third kappa shape index (κ3) is 5.92. The first-order valence-corrected chi connectivity index (χ1v) is 9.57. The van der Waals surface area contributed by atoms with E-state index in [1.807, 2.05) is 11.6 Å². The molecule has 0 spiro atoms. The van der Waals surface area contributed by atoms with Gasteiger partial charge in [-0.05, 0) is 32.8 Å². The highest BCUT2D eigenvalue weighted by molar-refractivity contribution is 14.0. The van der Waals surface area contributed by atoms with Gasteiger partial charge in [0.05, 0.1) is 6.54 Å². The Labute approximate surface area is 179 Å². The Morgan fingerprint density at radius 1 is 1.37 bits per heavy atom. The Kier molecular flexibility index (Phi) is 8.07. The van der Waals surface area contributed by atoms with Crippen molar-refractivity contribution in [3.05, 3.63) is 47.0 Å². The molecular formula is C20H31IN6. The Bertz CT molecular complexity index is 770. The van der Waals surface area contributed by atoms with Crippen LogP contribution in [0.3, 0.4) is 0 Å². The predicted octanol–water partition coefficient (Wildman–Crippen LogP) is 3.19. The van der Waals surface area contributed by atoms with Gasteiger partial charge in [0.25, 0.3) is 0 Å². The number of fused-ring (bicyclic) bond motifs is 1. The Morgan fingerprint density at radius 2 is 2.19 bits per heavy atom. The summed E-state index contributed by atoms with van der Waals surface area (Å²) in [5, 5.41) is 11.4. The summed E-state index contributed by atoms with van der Waals surface area (Å²) < 4.78 is 2.02. The van der Waals surface area contributed by atoms with Crippen LogP contribution in [0.4, 0.5) is 0 Å². The molecule has 2 atom stereocenters. The molecule has 0 aliphatic carbocycles. The largest absolute Gasteiger partial charge is 0.357 e. The van der Waals surface area contributed by atoms with Gasteiger partial charge in [-0.3, -0.25) is 4.99 Å². The van der Waals surface area contributed by atoms with Gasteiger partial charge in [0.2, 0.25) is 0 Å². The molecule has 2 unspecified atom stereocenters. The quantitative estimate of drug-likeness (QED) is 0.391. The zero-order valence-electron chi connectivity index (χ0n) is 16.7. The summed E-state index contributed by atoms with van der Waals surface area (Å²) in [5.41, 5.74) is 2.63. The minimum atomic E-state index is 0. The van der Waals surface area contributed by atoms with Gasteiger partial charge in [-0.15, -0.1) is 24.0 Å². The van der Waals surface area contributed by atoms with E-state index in [1.165, 1.54) is 11.1 Å². The van der Waals surface area contributed by atoms with E-state index in [9.17, 15) is 0 Å². The third-order valence-corrected chi connectivity index (χ3v) is 4.78. The van der Waals surface area contributed by atoms with Gasteiger partial charge in [-0.25, -0.2) is 9.67 Å². The molecule has 2 heterocycles. The first kappa shape index (κ1) is 21.7. The van der Waals surface area contributed by atoms with Crippen molar-refractivity contribution >= 4 is 29.9 Å². The van der Waals surface area contributed by atoms with Crippen LogP contribution in [0.15, 0.2) is 29.3 Å². The number of hydrogen-bond acceptors (Lipinski definition) is 3. The molecule has 2 N–H and O–H groups in total. The molecule has 148 valence electrons. The SMILES string of the molecule is CCNC(=NCC(C)c1cccc(C)c1)NC1CCc2nc(C)nn2C1.I. The Balaban J connectivity index is 0.00000261. The average molecular weight is 482 g/mol. The molecule has 1 aromatic heterocycles. The molecule has 1 aromatic carbocycles. The molecule has 0 saturated carbocycles. The number of benzene rings is 1. The first-order valence-electron chi connectivity index (χ1n) is 9.57. The van der Waals surface area contributed by atoms with Crippen LogP contribution in [0.1, 0.15) is 49.0 Å². The molecule has 1 aliphatic rings. The Hall–Kier alpha value is -1.64. The molecular weight excluding hydrogens is 451 g/mol. The van der Waals surface area contributed by atoms with Crippen molar-refractivity contribution in [2.24, 2.45) is 4.99 Å². The minimum Gasteiger partial charge on any atom is -0.357 e. The lowest BCUT2D eigenvalue weighted by molar-refractivity contribution is 0.392. The van der Waals surface area contributed by atoms with Crippen molar-refractivity contribution in [3.63, 3.8) is 0 Å². The van der Waals surface area contributed by atoms with E-state index in [0.717, 1.165) is 50.1 Å². The average Bonchev–Trinajstić information content (AvgIpc) is 2.99. The van der Waals surface area contributed by atoms with Crippen LogP contribution in [-0.2, 0) is 13.0 Å². The van der Waals surface area contributed by atoms with Crippen molar-refractivity contribution in [3.8, 4) is 0 Å². The highest BCUT2D eigenvalue weighted by Gasteiger charge is 2.21. The molecule has 0 radical (unpaired) electrons. The number of aliphatic imine (C=N–C) groups is 1. The van der Waals surface area contributed by atoms with Crippen molar-refractivity contribution < 1.29 is 0 Å². The van der Waals surface area contributed by atoms with Crippen molar-refractivity contribution in [1.82, 2.24) is 25.4 Å². The van der Waals surface area contributed by atoms with E-state index in [-0.39, 0.29) is 24.0 Å². The molecule has 0 bridgehead atoms. The van der Waals surface area contributed by atoms with Crippen molar-refractivity contribution in [2.45, 2.75) is 59.0 Å². The summed E-state index contributed by atoms with van der Waals surface area (Å²) >= 11 is 0. The topological polar surface area (TPSA) is 67.1 Å². The van der Waals surface area contributed by atoms with Gasteiger partial charge in [0.15, 0.2) is 5.96 Å². The Morgan fingerprint density at radius 3 is 2.93 bits per heavy atom. The number of aromatic nitrogens is 3. The van der Waals surface area contributed by atoms with Gasteiger partial charge in [-0.1, -0.05) is 36.8 Å². The van der Waals surface area contributed by atoms with Crippen LogP contribution >= 0.6 is 24.0 Å². The highest BCUT2D eigenvalue weighted by atomic mass is 127. The van der Waals surface area contributed by atoms with E-state index < -0.39 is 0 Å². The van der Waals surface area contributed by atoms with E-state index in [1.54, 1.807) is 0 Å². The molecule has 3 rings (SSSR count). The fraction of sp³-hybridized carbons (Fsp3) is 0.550. The lowest BCUT2D eigenvalue weighted by Gasteiger charge is -2.25. The van der Waals surface area contributed by atoms with Crippen molar-refractivity contribution in [1.29, 1.82) is 0 Å². The van der Waals surface area contributed by atoms with Crippen LogP contribution in [0.2, 0.25) is 0 Å². The van der Waals surface area contributed by atoms with E-state index in [4.69, 9.17) is 4.99 Å². The molecule has 27 heavy (non-hydrogen) atoms. The number of aryl methyl sites for hydroxylation is 3. The summed E-state index contributed by atoms with van der Waals surface area (Å²) in [4.78, 5) is 9.30. The normalized spacial score (nSPS) is 17.6. The van der Waals surface area contributed by atoms with E-state index in [2.05, 4.69) is 65.8 Å². The van der Waals surface area contributed by atoms with Crippen LogP contribution in [0.5, 0.6) is 0 Å². The maximum Gasteiger partial charge on any atom is 0.191 e. The molecule has 0 amide bonds. The minimum absolute atomic E-state index is 0. The standard InChI is InChI=1S/C20H30N6.HI/c1-5-21-20(22-12-15(3)17-8-6-7-14(2)11-17)24-18-9-10-19-23-16(4)25-26(19)13-18;/h6-8,11,15,18H,5,9-10,12-13H2,1-4H3,(H2,21,22,24);1H. The van der Waals surface area contributed by atoms with Gasteiger partial charge in [-0.2, -0.15) is 5.10 Å². The fourth-order valence-corrected chi connectivity index (χ4v) is 3.38. The van der Waals surface area contributed by atoms with Gasteiger partial charge >= 0.3 is 0 Å². The molecule has 1 aliphatic heterocycles. The molecule has 2 aromatic rings. The first-order chi connectivity index (χ1) is 12.5. The summed E-state index contributed by atoms with van der Waals surface area (Å²) in [7, 11) is 0. The smallest absolute Gasteiger partial charge is 0.191 e. The van der Waals surface area contributed by atoms with Crippen LogP contribution in [0, 0.1) is 13.8 Å². The number of nitrogens with one attached hydrogen (secondary N) is 2. The maximum atomic E-state index is 4.82.